The van der Waals surface area contributed by atoms with Gasteiger partial charge in [0.05, 0.1) is 24.3 Å². The number of amides is 1. The summed E-state index contributed by atoms with van der Waals surface area (Å²) in [5.41, 5.74) is 0.375. The number of carbonyl (C=O) groups excluding carboxylic acids is 1. The average Bonchev–Trinajstić information content (AvgIpc) is 2.71. The summed E-state index contributed by atoms with van der Waals surface area (Å²) in [6, 6.07) is 12.6. The Morgan fingerprint density at radius 3 is 2.52 bits per heavy atom. The first kappa shape index (κ1) is 21.4. The number of non-ortho nitro benzene ring substituents is 1. The molecule has 0 aliphatic carbocycles. The quantitative estimate of drug-likeness (QED) is 0.310. The van der Waals surface area contributed by atoms with Gasteiger partial charge in [-0.15, -0.1) is 0 Å². The molecule has 0 saturated heterocycles. The summed E-state index contributed by atoms with van der Waals surface area (Å²) in [6.07, 6.45) is 1.42. The molecule has 150 valence electrons. The summed E-state index contributed by atoms with van der Waals surface area (Å²) in [5, 5.41) is 22.8. The molecule has 0 atom stereocenters. The van der Waals surface area contributed by atoms with Crippen LogP contribution in [0.25, 0.3) is 6.08 Å². The monoisotopic (exact) mass is 395 g/mol. The van der Waals surface area contributed by atoms with Crippen molar-refractivity contribution in [1.29, 1.82) is 5.26 Å². The molecule has 1 amide bonds. The van der Waals surface area contributed by atoms with Gasteiger partial charge in [-0.2, -0.15) is 5.26 Å². The van der Waals surface area contributed by atoms with Crippen LogP contribution in [-0.2, 0) is 4.79 Å². The number of rotatable bonds is 8. The molecule has 0 bridgehead atoms. The zero-order chi connectivity index (χ0) is 21.4. The zero-order valence-corrected chi connectivity index (χ0v) is 16.3. The van der Waals surface area contributed by atoms with E-state index in [1.807, 2.05) is 19.9 Å². The molecular formula is C21H21N3O5. The highest BCUT2D eigenvalue weighted by Gasteiger charge is 2.16. The topological polar surface area (TPSA) is 114 Å². The second-order valence-corrected chi connectivity index (χ2v) is 6.54. The molecule has 0 heterocycles. The Kier molecular flexibility index (Phi) is 7.32. The van der Waals surface area contributed by atoms with Gasteiger partial charge in [0.2, 0.25) is 0 Å². The Morgan fingerprint density at radius 1 is 1.28 bits per heavy atom. The van der Waals surface area contributed by atoms with Gasteiger partial charge < -0.3 is 14.8 Å². The molecular weight excluding hydrogens is 374 g/mol. The highest BCUT2D eigenvalue weighted by atomic mass is 16.6. The number of nitrogens with one attached hydrogen (secondary N) is 1. The molecule has 29 heavy (non-hydrogen) atoms. The third-order valence-corrected chi connectivity index (χ3v) is 3.78. The average molecular weight is 395 g/mol. The molecule has 2 rings (SSSR count). The van der Waals surface area contributed by atoms with E-state index in [1.54, 1.807) is 24.3 Å². The molecule has 0 fully saturated rings. The maximum absolute atomic E-state index is 12.5. The number of hydrogen-bond donors (Lipinski definition) is 1. The van der Waals surface area contributed by atoms with Gasteiger partial charge in [-0.3, -0.25) is 14.9 Å². The molecule has 0 aliphatic heterocycles. The van der Waals surface area contributed by atoms with Crippen molar-refractivity contribution in [3.63, 3.8) is 0 Å². The second-order valence-electron chi connectivity index (χ2n) is 6.54. The smallest absolute Gasteiger partial charge is 0.271 e. The maximum atomic E-state index is 12.5. The first-order valence-corrected chi connectivity index (χ1v) is 8.82. The Morgan fingerprint density at radius 2 is 1.97 bits per heavy atom. The SMILES string of the molecule is COc1ccc([N+](=O)[O-])cc1NC(=O)/C(C#N)=C/c1ccc(OCC(C)C)cc1. The Hall–Kier alpha value is -3.86. The third kappa shape index (κ3) is 6.07. The summed E-state index contributed by atoms with van der Waals surface area (Å²) in [4.78, 5) is 22.9. The number of nitriles is 1. The number of methoxy groups -OCH3 is 1. The molecule has 2 aromatic carbocycles. The van der Waals surface area contributed by atoms with Gasteiger partial charge in [0, 0.05) is 12.1 Å². The van der Waals surface area contributed by atoms with Crippen molar-refractivity contribution < 1.29 is 19.2 Å². The van der Waals surface area contributed by atoms with E-state index < -0.39 is 10.8 Å². The van der Waals surface area contributed by atoms with Crippen LogP contribution < -0.4 is 14.8 Å². The molecule has 0 aliphatic rings. The number of carbonyl (C=O) groups is 1. The Bertz CT molecular complexity index is 959. The Balaban J connectivity index is 2.19. The Labute approximate surface area is 168 Å². The van der Waals surface area contributed by atoms with E-state index in [-0.39, 0.29) is 22.7 Å². The fourth-order valence-electron chi connectivity index (χ4n) is 2.34. The summed E-state index contributed by atoms with van der Waals surface area (Å²) in [6.45, 7) is 4.68. The molecule has 0 aromatic heterocycles. The van der Waals surface area contributed by atoms with Gasteiger partial charge in [-0.05, 0) is 35.8 Å². The van der Waals surface area contributed by atoms with Crippen LogP contribution in [0.15, 0.2) is 48.0 Å². The van der Waals surface area contributed by atoms with Crippen molar-refractivity contribution in [3.8, 4) is 17.6 Å². The third-order valence-electron chi connectivity index (χ3n) is 3.78. The van der Waals surface area contributed by atoms with Gasteiger partial charge in [0.25, 0.3) is 11.6 Å². The molecule has 8 heteroatoms. The fourth-order valence-corrected chi connectivity index (χ4v) is 2.34. The van der Waals surface area contributed by atoms with E-state index in [1.165, 1.54) is 31.4 Å². The van der Waals surface area contributed by atoms with Crippen LogP contribution in [0.4, 0.5) is 11.4 Å². The fraction of sp³-hybridized carbons (Fsp3) is 0.238. The van der Waals surface area contributed by atoms with Crippen LogP contribution in [0.3, 0.4) is 0 Å². The molecule has 2 aromatic rings. The normalized spacial score (nSPS) is 10.9. The summed E-state index contributed by atoms with van der Waals surface area (Å²) < 4.78 is 10.7. The van der Waals surface area contributed by atoms with E-state index in [2.05, 4.69) is 5.32 Å². The van der Waals surface area contributed by atoms with E-state index in [9.17, 15) is 20.2 Å². The maximum Gasteiger partial charge on any atom is 0.271 e. The van der Waals surface area contributed by atoms with Crippen LogP contribution in [-0.4, -0.2) is 24.5 Å². The standard InChI is InChI=1S/C21H21N3O5/c1-14(2)13-29-18-7-4-15(5-8-18)10-16(12-22)21(25)23-19-11-17(24(26)27)6-9-20(19)28-3/h4-11,14H,13H2,1-3H3,(H,23,25)/b16-10+. The number of hydrogen-bond acceptors (Lipinski definition) is 6. The van der Waals surface area contributed by atoms with E-state index in [4.69, 9.17) is 9.47 Å². The van der Waals surface area contributed by atoms with Crippen molar-refractivity contribution in [2.24, 2.45) is 5.92 Å². The van der Waals surface area contributed by atoms with Crippen molar-refractivity contribution in [1.82, 2.24) is 0 Å². The van der Waals surface area contributed by atoms with Crippen molar-refractivity contribution in [3.05, 3.63) is 63.7 Å². The zero-order valence-electron chi connectivity index (χ0n) is 16.3. The van der Waals surface area contributed by atoms with Crippen LogP contribution in [0.1, 0.15) is 19.4 Å². The molecule has 0 spiro atoms. The summed E-state index contributed by atoms with van der Waals surface area (Å²) in [7, 11) is 1.38. The second kappa shape index (κ2) is 9.90. The molecule has 0 saturated carbocycles. The van der Waals surface area contributed by atoms with Gasteiger partial charge in [0.1, 0.15) is 23.1 Å². The van der Waals surface area contributed by atoms with Crippen molar-refractivity contribution in [2.75, 3.05) is 19.0 Å². The first-order chi connectivity index (χ1) is 13.8. The molecule has 0 unspecified atom stereocenters. The lowest BCUT2D eigenvalue weighted by molar-refractivity contribution is -0.384. The summed E-state index contributed by atoms with van der Waals surface area (Å²) in [5.74, 6) is 0.633. The minimum atomic E-state index is -0.702. The van der Waals surface area contributed by atoms with E-state index in [0.29, 0.717) is 23.8 Å². The van der Waals surface area contributed by atoms with Crippen LogP contribution >= 0.6 is 0 Å². The number of ether oxygens (including phenoxy) is 2. The van der Waals surface area contributed by atoms with Crippen LogP contribution in [0, 0.1) is 27.4 Å². The van der Waals surface area contributed by atoms with Crippen molar-refractivity contribution in [2.45, 2.75) is 13.8 Å². The van der Waals surface area contributed by atoms with Crippen LogP contribution in [0.5, 0.6) is 11.5 Å². The number of anilines is 1. The lowest BCUT2D eigenvalue weighted by Gasteiger charge is -2.10. The highest BCUT2D eigenvalue weighted by molar-refractivity contribution is 6.10. The predicted molar refractivity (Wildman–Crippen MR) is 109 cm³/mol. The van der Waals surface area contributed by atoms with Crippen molar-refractivity contribution >= 4 is 23.4 Å². The molecule has 0 radical (unpaired) electrons. The number of nitro groups is 1. The molecule has 1 N–H and O–H groups in total. The van der Waals surface area contributed by atoms with Gasteiger partial charge in [-0.25, -0.2) is 0 Å². The predicted octanol–water partition coefficient (Wildman–Crippen LogP) is 4.18. The van der Waals surface area contributed by atoms with Gasteiger partial charge >= 0.3 is 0 Å². The van der Waals surface area contributed by atoms with E-state index >= 15 is 0 Å². The van der Waals surface area contributed by atoms with Gasteiger partial charge in [-0.1, -0.05) is 26.0 Å². The van der Waals surface area contributed by atoms with E-state index in [0.717, 1.165) is 0 Å². The van der Waals surface area contributed by atoms with Gasteiger partial charge in [0.15, 0.2) is 0 Å². The number of nitro benzene ring substituents is 1. The molecule has 8 nitrogen and oxygen atoms in total. The number of benzene rings is 2. The lowest BCUT2D eigenvalue weighted by Crippen LogP contribution is -2.14. The minimum absolute atomic E-state index is 0.102. The number of nitrogens with zero attached hydrogens (tertiary/aromatic N) is 2. The first-order valence-electron chi connectivity index (χ1n) is 8.82. The lowest BCUT2D eigenvalue weighted by atomic mass is 10.1. The minimum Gasteiger partial charge on any atom is -0.495 e. The van der Waals surface area contributed by atoms with Crippen LogP contribution in [0.2, 0.25) is 0 Å². The highest BCUT2D eigenvalue weighted by Crippen LogP contribution is 2.29. The largest absolute Gasteiger partial charge is 0.495 e. The summed E-state index contributed by atoms with van der Waals surface area (Å²) >= 11 is 0.